The van der Waals surface area contributed by atoms with Gasteiger partial charge in [-0.1, -0.05) is 23.7 Å². The van der Waals surface area contributed by atoms with E-state index < -0.39 is 0 Å². The van der Waals surface area contributed by atoms with Crippen LogP contribution in [0.2, 0.25) is 5.02 Å². The minimum absolute atomic E-state index is 0.402. The van der Waals surface area contributed by atoms with Gasteiger partial charge in [0.2, 0.25) is 5.95 Å². The maximum atomic E-state index is 6.05. The molecule has 0 aliphatic carbocycles. The molecule has 0 amide bonds. The number of pyridine rings is 2. The summed E-state index contributed by atoms with van der Waals surface area (Å²) in [6, 6.07) is 16.8. The van der Waals surface area contributed by atoms with Crippen molar-refractivity contribution in [2.24, 2.45) is 0 Å². The summed E-state index contributed by atoms with van der Waals surface area (Å²) in [6.07, 6.45) is 5.05. The van der Waals surface area contributed by atoms with E-state index in [0.717, 1.165) is 17.1 Å². The summed E-state index contributed by atoms with van der Waals surface area (Å²) in [6.45, 7) is 0. The molecule has 29 heavy (non-hydrogen) atoms. The van der Waals surface area contributed by atoms with Gasteiger partial charge in [0.15, 0.2) is 11.6 Å². The van der Waals surface area contributed by atoms with Crippen molar-refractivity contribution in [1.29, 1.82) is 0 Å². The molecule has 3 heterocycles. The monoisotopic (exact) mass is 404 g/mol. The van der Waals surface area contributed by atoms with Gasteiger partial charge in [0, 0.05) is 23.1 Å². The minimum atomic E-state index is 0.402. The van der Waals surface area contributed by atoms with Crippen molar-refractivity contribution in [3.63, 3.8) is 0 Å². The first-order valence-corrected chi connectivity index (χ1v) is 9.18. The standard InChI is InChI=1S/C21H17ClN6O/c1-29-18-13-25-21(26-15-7-4-6-14(22)12-15)28-20(18)27-17-9-5-11-24-19(17)16-8-2-3-10-23-16/h2-13H,1H3,(H2,25,26,27,28). The predicted octanol–water partition coefficient (Wildman–Crippen LogP) is 5.08. The van der Waals surface area contributed by atoms with Gasteiger partial charge in [0.25, 0.3) is 0 Å². The first kappa shape index (κ1) is 18.6. The Morgan fingerprint density at radius 1 is 0.897 bits per heavy atom. The Kier molecular flexibility index (Phi) is 5.49. The summed E-state index contributed by atoms with van der Waals surface area (Å²) in [5, 5.41) is 7.04. The number of rotatable bonds is 6. The van der Waals surface area contributed by atoms with Crippen LogP contribution in [0.15, 0.2) is 73.2 Å². The number of hydrogen-bond acceptors (Lipinski definition) is 7. The largest absolute Gasteiger partial charge is 0.491 e. The number of anilines is 4. The van der Waals surface area contributed by atoms with Crippen molar-refractivity contribution in [2.45, 2.75) is 0 Å². The highest BCUT2D eigenvalue weighted by atomic mass is 35.5. The van der Waals surface area contributed by atoms with E-state index >= 15 is 0 Å². The molecular weight excluding hydrogens is 388 g/mol. The average molecular weight is 405 g/mol. The van der Waals surface area contributed by atoms with E-state index in [1.807, 2.05) is 42.5 Å². The first-order chi connectivity index (χ1) is 14.2. The smallest absolute Gasteiger partial charge is 0.229 e. The van der Waals surface area contributed by atoms with Gasteiger partial charge in [0.05, 0.1) is 24.7 Å². The van der Waals surface area contributed by atoms with Crippen LogP contribution in [0.5, 0.6) is 5.75 Å². The zero-order chi connectivity index (χ0) is 20.1. The summed E-state index contributed by atoms with van der Waals surface area (Å²) >= 11 is 6.05. The van der Waals surface area contributed by atoms with Gasteiger partial charge in [-0.05, 0) is 42.5 Å². The van der Waals surface area contributed by atoms with Gasteiger partial charge in [-0.3, -0.25) is 9.97 Å². The molecular formula is C21H17ClN6O. The van der Waals surface area contributed by atoms with E-state index in [9.17, 15) is 0 Å². The highest BCUT2D eigenvalue weighted by Crippen LogP contribution is 2.31. The molecule has 7 nitrogen and oxygen atoms in total. The van der Waals surface area contributed by atoms with Gasteiger partial charge < -0.3 is 15.4 Å². The molecule has 0 saturated carbocycles. The lowest BCUT2D eigenvalue weighted by molar-refractivity contribution is 0.413. The Bertz CT molecular complexity index is 1120. The molecule has 0 unspecified atom stereocenters. The summed E-state index contributed by atoms with van der Waals surface area (Å²) in [5.74, 6) is 1.40. The maximum Gasteiger partial charge on any atom is 0.229 e. The lowest BCUT2D eigenvalue weighted by atomic mass is 10.2. The van der Waals surface area contributed by atoms with Crippen molar-refractivity contribution < 1.29 is 4.74 Å². The number of benzene rings is 1. The molecule has 0 fully saturated rings. The molecule has 0 atom stereocenters. The van der Waals surface area contributed by atoms with Crippen molar-refractivity contribution in [3.8, 4) is 17.1 Å². The van der Waals surface area contributed by atoms with Crippen LogP contribution < -0.4 is 15.4 Å². The molecule has 0 bridgehead atoms. The third-order valence-corrected chi connectivity index (χ3v) is 4.26. The Hall–Kier alpha value is -3.71. The minimum Gasteiger partial charge on any atom is -0.491 e. The van der Waals surface area contributed by atoms with Crippen LogP contribution in [-0.2, 0) is 0 Å². The molecule has 0 saturated heterocycles. The molecule has 1 aromatic carbocycles. The van der Waals surface area contributed by atoms with Crippen LogP contribution >= 0.6 is 11.6 Å². The normalized spacial score (nSPS) is 10.4. The van der Waals surface area contributed by atoms with Crippen molar-refractivity contribution in [1.82, 2.24) is 19.9 Å². The first-order valence-electron chi connectivity index (χ1n) is 8.80. The van der Waals surface area contributed by atoms with Crippen LogP contribution in [0, 0.1) is 0 Å². The molecule has 0 radical (unpaired) electrons. The number of aromatic nitrogens is 4. The number of methoxy groups -OCH3 is 1. The quantitative estimate of drug-likeness (QED) is 0.463. The third kappa shape index (κ3) is 4.41. The Morgan fingerprint density at radius 2 is 1.79 bits per heavy atom. The fraction of sp³-hybridized carbons (Fsp3) is 0.0476. The number of ether oxygens (including phenoxy) is 1. The van der Waals surface area contributed by atoms with Crippen LogP contribution in [0.4, 0.5) is 23.1 Å². The lowest BCUT2D eigenvalue weighted by Crippen LogP contribution is -2.04. The van der Waals surface area contributed by atoms with Crippen molar-refractivity contribution in [2.75, 3.05) is 17.7 Å². The van der Waals surface area contributed by atoms with E-state index in [4.69, 9.17) is 16.3 Å². The number of nitrogens with zero attached hydrogens (tertiary/aromatic N) is 4. The Morgan fingerprint density at radius 3 is 2.59 bits per heavy atom. The second-order valence-electron chi connectivity index (χ2n) is 5.99. The molecule has 4 aromatic rings. The number of halogens is 1. The van der Waals surface area contributed by atoms with E-state index in [1.165, 1.54) is 0 Å². The second-order valence-corrected chi connectivity index (χ2v) is 6.42. The van der Waals surface area contributed by atoms with Gasteiger partial charge in [-0.25, -0.2) is 4.98 Å². The molecule has 0 aliphatic heterocycles. The maximum absolute atomic E-state index is 6.05. The molecule has 0 aliphatic rings. The zero-order valence-corrected chi connectivity index (χ0v) is 16.3. The summed E-state index contributed by atoms with van der Waals surface area (Å²) < 4.78 is 5.42. The van der Waals surface area contributed by atoms with Crippen molar-refractivity contribution >= 4 is 34.7 Å². The van der Waals surface area contributed by atoms with E-state index in [1.54, 1.807) is 37.8 Å². The van der Waals surface area contributed by atoms with E-state index in [-0.39, 0.29) is 0 Å². The molecule has 3 aromatic heterocycles. The van der Waals surface area contributed by atoms with E-state index in [2.05, 4.69) is 30.6 Å². The lowest BCUT2D eigenvalue weighted by Gasteiger charge is -2.14. The highest BCUT2D eigenvalue weighted by molar-refractivity contribution is 6.30. The van der Waals surface area contributed by atoms with Gasteiger partial charge in [-0.15, -0.1) is 0 Å². The van der Waals surface area contributed by atoms with Crippen LogP contribution in [0.1, 0.15) is 0 Å². The Labute approximate surface area is 172 Å². The van der Waals surface area contributed by atoms with Crippen LogP contribution in [0.25, 0.3) is 11.4 Å². The molecule has 2 N–H and O–H groups in total. The third-order valence-electron chi connectivity index (χ3n) is 4.02. The average Bonchev–Trinajstić information content (AvgIpc) is 2.75. The topological polar surface area (TPSA) is 84.9 Å². The molecule has 0 spiro atoms. The summed E-state index contributed by atoms with van der Waals surface area (Å²) in [5.41, 5.74) is 2.99. The SMILES string of the molecule is COc1cnc(Nc2cccc(Cl)c2)nc1Nc1cccnc1-c1ccccn1. The fourth-order valence-corrected chi connectivity index (χ4v) is 2.90. The van der Waals surface area contributed by atoms with E-state index in [0.29, 0.717) is 28.2 Å². The predicted molar refractivity (Wildman–Crippen MR) is 114 cm³/mol. The number of nitrogens with one attached hydrogen (secondary N) is 2. The Balaban J connectivity index is 1.67. The summed E-state index contributed by atoms with van der Waals surface area (Å²) in [7, 11) is 1.57. The highest BCUT2D eigenvalue weighted by Gasteiger charge is 2.13. The van der Waals surface area contributed by atoms with Gasteiger partial charge >= 0.3 is 0 Å². The van der Waals surface area contributed by atoms with Crippen LogP contribution in [-0.4, -0.2) is 27.0 Å². The number of hydrogen-bond donors (Lipinski definition) is 2. The second kappa shape index (κ2) is 8.53. The zero-order valence-electron chi connectivity index (χ0n) is 15.5. The molecule has 8 heteroatoms. The molecule has 144 valence electrons. The van der Waals surface area contributed by atoms with Gasteiger partial charge in [0.1, 0.15) is 5.69 Å². The molecule has 4 rings (SSSR count). The fourth-order valence-electron chi connectivity index (χ4n) is 2.71. The van der Waals surface area contributed by atoms with Gasteiger partial charge in [-0.2, -0.15) is 4.98 Å². The van der Waals surface area contributed by atoms with Crippen molar-refractivity contribution in [3.05, 3.63) is 78.2 Å². The summed E-state index contributed by atoms with van der Waals surface area (Å²) in [4.78, 5) is 17.7. The van der Waals surface area contributed by atoms with Crippen LogP contribution in [0.3, 0.4) is 0 Å².